The van der Waals surface area contributed by atoms with Crippen molar-refractivity contribution >= 4 is 101 Å². The molecule has 0 saturated carbocycles. The van der Waals surface area contributed by atoms with Crippen molar-refractivity contribution in [1.29, 1.82) is 0 Å². The van der Waals surface area contributed by atoms with Gasteiger partial charge in [-0.1, -0.05) is 266 Å². The van der Waals surface area contributed by atoms with Gasteiger partial charge >= 0.3 is 0 Å². The van der Waals surface area contributed by atoms with Crippen LogP contribution in [0.2, 0.25) is 0 Å². The Morgan fingerprint density at radius 3 is 0.833 bits per heavy atom. The molecule has 2 aliphatic heterocycles. The molecular weight excluding hydrogens is 1160 g/mol. The lowest BCUT2D eigenvalue weighted by atomic mass is 9.33. The first-order valence-electron chi connectivity index (χ1n) is 52.5. The summed E-state index contributed by atoms with van der Waals surface area (Å²) < 4.78 is 439. The Bertz CT molecular complexity index is 7840. The molecule has 5 heteroatoms. The first-order chi connectivity index (χ1) is 66.6. The highest BCUT2D eigenvalue weighted by atomic mass is 15.2. The third kappa shape index (κ3) is 8.78. The third-order valence-corrected chi connectivity index (χ3v) is 17.1. The van der Waals surface area contributed by atoms with Crippen LogP contribution in [0.3, 0.4) is 0 Å². The van der Waals surface area contributed by atoms with Gasteiger partial charge in [-0.15, -0.1) is 0 Å². The summed E-state index contributed by atoms with van der Waals surface area (Å²) in [6.45, 7) is -0.232. The second kappa shape index (κ2) is 22.4. The van der Waals surface area contributed by atoms with Gasteiger partial charge in [-0.2, -0.15) is 0 Å². The molecule has 0 bridgehead atoms. The normalized spacial score (nSPS) is 19.1. The van der Waals surface area contributed by atoms with Crippen molar-refractivity contribution in [3.63, 3.8) is 0 Å². The molecule has 2 aromatic heterocycles. The van der Waals surface area contributed by atoms with Crippen LogP contribution in [0, 0.1) is 6.92 Å². The predicted octanol–water partition coefficient (Wildman–Crippen LogP) is 22.3. The average molecular weight is 1270 g/mol. The number of benzene rings is 15. The lowest BCUT2D eigenvalue weighted by molar-refractivity contribution is 1.16. The van der Waals surface area contributed by atoms with Gasteiger partial charge in [0.1, 0.15) is 0 Å². The Morgan fingerprint density at radius 1 is 0.260 bits per heavy atom. The maximum Gasteiger partial charge on any atom is 0.252 e. The minimum Gasteiger partial charge on any atom is -0.310 e. The van der Waals surface area contributed by atoms with Gasteiger partial charge in [-0.05, 0) is 158 Å². The summed E-state index contributed by atoms with van der Waals surface area (Å²) in [4.78, 5) is 2.50. The summed E-state index contributed by atoms with van der Waals surface area (Å²) in [5, 5.41) is -1.88. The van der Waals surface area contributed by atoms with E-state index in [9.17, 15) is 43.9 Å². The third-order valence-electron chi connectivity index (χ3n) is 17.1. The molecule has 448 valence electrons. The Balaban J connectivity index is 1.11. The van der Waals surface area contributed by atoms with Crippen LogP contribution in [0.25, 0.3) is 122 Å². The molecule has 0 saturated heterocycles. The van der Waals surface area contributed by atoms with Gasteiger partial charge in [0.05, 0.1) is 96.5 Å². The molecule has 0 aliphatic carbocycles. The monoisotopic (exact) mass is 1270 g/mol. The number of nitrogens with zero attached hydrogens (tertiary/aromatic N) is 4. The molecule has 0 amide bonds. The fraction of sp³-hybridized carbons (Fsp3) is 0.0110. The molecule has 19 rings (SSSR count). The van der Waals surface area contributed by atoms with E-state index in [0.29, 0.717) is 0 Å². The van der Waals surface area contributed by atoms with E-state index in [0.717, 1.165) is 33.4 Å². The largest absolute Gasteiger partial charge is 0.310 e. The lowest BCUT2D eigenvalue weighted by Crippen LogP contribution is -2.61. The molecule has 0 atom stereocenters. The smallest absolute Gasteiger partial charge is 0.252 e. The molecule has 96 heavy (non-hydrogen) atoms. The van der Waals surface area contributed by atoms with E-state index < -0.39 is 406 Å². The topological polar surface area (TPSA) is 16.3 Å². The molecule has 4 heterocycles. The standard InChI is InChI=1S/C91H61BN4/c1-60-52-87-89-88(53-60)96(91-77(65-36-16-6-17-37-65)56-68(62-30-10-3-11-31-62)57-78(91)66-38-18-7-19-39-66)86-59-70(94-83-46-26-22-42-73(83)74-43-23-27-47-84(74)94)49-51-80(86)92(89)79-50-48-69(93-81-44-24-20-40-71(81)72-41-21-25-45-82(72)93)58-85(79)95(87)90-75(63-32-12-4-13-33-63)54-67(61-28-8-2-9-29-61)55-76(90)64-34-14-5-15-35-64/h2-59H,1H3/i2D,3D,4D,5D,6D,7D,8D,9D,10D,11D,12D,13D,14D,15D,16D,17D,18D,19D,20D,21D,22D,23D,24D,25D,26D,27D,28D,29D,30D,31D,32D,33D,34D,35D,36D,37D,38D,39D,40D,41D,42D,43D,44D,45D,46D,47D. The zero-order valence-electron chi connectivity index (χ0n) is 95.3. The first kappa shape index (κ1) is 26.2. The molecular formula is C91H61BN4. The number of hydrogen-bond acceptors (Lipinski definition) is 2. The summed E-state index contributed by atoms with van der Waals surface area (Å²) >= 11 is 0. The SMILES string of the molecule is [2H]c1c([2H])c([2H])c(-c2cc(-c3c([2H])c([2H])c([2H])c([2H])c3[2H])c(N3c4cc(-n5c6c([2H])c([2H])c([2H])c([2H])c6c6c([2H])c([2H])c([2H])c([2H])c65)ccc4B4c5ccc(-n6c7c([2H])c([2H])c([2H])c([2H])c7c7c([2H])c([2H])c([2H])c([2H])c76)cc5N(c5c(-c6c([2H])c([2H])c([2H])c([2H])c6[2H])cc(-c6c([2H])c([2H])c([2H])c([2H])c6[2H])cc5-c5c([2H])c([2H])c([2H])c([2H])c5[2H])c5cc(C)cc3c54)c(-c3c([2H])c([2H])c([2H])c([2H])c3[2H])c2)c([2H])c1[2H]. The summed E-state index contributed by atoms with van der Waals surface area (Å²) in [5.41, 5.74) is -14.6. The van der Waals surface area contributed by atoms with Crippen LogP contribution in [0.1, 0.15) is 68.6 Å². The Morgan fingerprint density at radius 2 is 0.531 bits per heavy atom. The quantitative estimate of drug-likeness (QED) is 0.127. The lowest BCUT2D eigenvalue weighted by Gasteiger charge is -2.46. The zero-order valence-corrected chi connectivity index (χ0v) is 49.3. The van der Waals surface area contributed by atoms with Gasteiger partial charge < -0.3 is 18.9 Å². The van der Waals surface area contributed by atoms with Crippen molar-refractivity contribution in [3.8, 4) is 78.1 Å². The van der Waals surface area contributed by atoms with Gasteiger partial charge in [0.2, 0.25) is 0 Å². The highest BCUT2D eigenvalue weighted by Gasteiger charge is 2.46. The van der Waals surface area contributed by atoms with Gasteiger partial charge in [-0.25, -0.2) is 0 Å². The van der Waals surface area contributed by atoms with Crippen molar-refractivity contribution in [2.24, 2.45) is 0 Å². The van der Waals surface area contributed by atoms with E-state index in [1.807, 2.05) is 0 Å². The van der Waals surface area contributed by atoms with E-state index in [4.69, 9.17) is 19.2 Å². The van der Waals surface area contributed by atoms with Crippen LogP contribution < -0.4 is 26.2 Å². The van der Waals surface area contributed by atoms with Crippen molar-refractivity contribution in [3.05, 3.63) is 356 Å². The van der Waals surface area contributed by atoms with Crippen LogP contribution in [0.4, 0.5) is 34.1 Å². The number of fused-ring (bicyclic) bond motifs is 10. The zero-order chi connectivity index (χ0) is 103. The second-order valence-electron chi connectivity index (χ2n) is 22.2. The van der Waals surface area contributed by atoms with Crippen molar-refractivity contribution < 1.29 is 63.1 Å². The van der Waals surface area contributed by atoms with Gasteiger partial charge in [0, 0.05) is 77.9 Å². The number of hydrogen-bond donors (Lipinski definition) is 0. The highest BCUT2D eigenvalue weighted by molar-refractivity contribution is 7.00. The molecule has 2 aliphatic rings. The summed E-state index contributed by atoms with van der Waals surface area (Å²) in [6, 6.07) is -30.0. The summed E-state index contributed by atoms with van der Waals surface area (Å²) in [7, 11) is 0. The molecule has 0 fully saturated rings. The van der Waals surface area contributed by atoms with Crippen LogP contribution >= 0.6 is 0 Å². The number of aryl methyl sites for hydroxylation is 1. The summed E-state index contributed by atoms with van der Waals surface area (Å²) in [5.74, 6) is 0. The molecule has 4 nitrogen and oxygen atoms in total. The summed E-state index contributed by atoms with van der Waals surface area (Å²) in [6.07, 6.45) is 0. The fourth-order valence-corrected chi connectivity index (χ4v) is 13.4. The van der Waals surface area contributed by atoms with E-state index >= 15 is 0 Å². The van der Waals surface area contributed by atoms with Crippen LogP contribution in [-0.4, -0.2) is 15.8 Å². The van der Waals surface area contributed by atoms with E-state index in [1.165, 1.54) is 65.3 Å². The number of anilines is 6. The van der Waals surface area contributed by atoms with E-state index in [2.05, 4.69) is 0 Å². The van der Waals surface area contributed by atoms with Crippen molar-refractivity contribution in [2.75, 3.05) is 9.80 Å². The number of aromatic nitrogens is 2. The fourth-order valence-electron chi connectivity index (χ4n) is 13.4. The second-order valence-corrected chi connectivity index (χ2v) is 22.2. The molecule has 0 unspecified atom stereocenters. The molecule has 17 aromatic rings. The minimum absolute atomic E-state index is 0.0144. The molecule has 15 aromatic carbocycles. The Labute approximate surface area is 623 Å². The van der Waals surface area contributed by atoms with Gasteiger partial charge in [0.15, 0.2) is 0 Å². The average Bonchev–Trinajstić information content (AvgIpc) is 1.68. The highest BCUT2D eigenvalue weighted by Crippen LogP contribution is 2.55. The van der Waals surface area contributed by atoms with E-state index in [-0.39, 0.29) is 56.1 Å². The number of rotatable bonds is 10. The van der Waals surface area contributed by atoms with Crippen LogP contribution in [-0.2, 0) is 0 Å². The van der Waals surface area contributed by atoms with Gasteiger partial charge in [-0.3, -0.25) is 0 Å². The van der Waals surface area contributed by atoms with Crippen molar-refractivity contribution in [1.82, 2.24) is 9.13 Å². The molecule has 0 N–H and O–H groups in total. The maximum absolute atomic E-state index is 10.1. The van der Waals surface area contributed by atoms with Crippen LogP contribution in [0.15, 0.2) is 351 Å². The van der Waals surface area contributed by atoms with E-state index in [1.54, 1.807) is 0 Å². The van der Waals surface area contributed by atoms with Crippen LogP contribution in [0.5, 0.6) is 0 Å². The Kier molecular flexibility index (Phi) is 6.11. The van der Waals surface area contributed by atoms with Crippen molar-refractivity contribution in [2.45, 2.75) is 6.92 Å². The first-order valence-corrected chi connectivity index (χ1v) is 29.5. The van der Waals surface area contributed by atoms with Gasteiger partial charge in [0.25, 0.3) is 6.71 Å². The maximum atomic E-state index is 10.1. The molecule has 0 spiro atoms. The number of para-hydroxylation sites is 4. The Hall–Kier alpha value is -12.4. The predicted molar refractivity (Wildman–Crippen MR) is 406 cm³/mol. The molecule has 0 radical (unpaired) electrons. The minimum atomic E-state index is -1.68.